The summed E-state index contributed by atoms with van der Waals surface area (Å²) < 4.78 is 39.9. The molecule has 26 heavy (non-hydrogen) atoms. The third-order valence-electron chi connectivity index (χ3n) is 4.29. The van der Waals surface area contributed by atoms with Crippen LogP contribution in [0.4, 0.5) is 13.2 Å². The van der Waals surface area contributed by atoms with Gasteiger partial charge in [0, 0.05) is 30.8 Å². The molecule has 0 radical (unpaired) electrons. The highest BCUT2D eigenvalue weighted by atomic mass is 35.5. The zero-order valence-electron chi connectivity index (χ0n) is 13.9. The van der Waals surface area contributed by atoms with E-state index < -0.39 is 18.1 Å². The Labute approximate surface area is 155 Å². The Morgan fingerprint density at radius 2 is 2.00 bits per heavy atom. The molecule has 1 aromatic carbocycles. The summed E-state index contributed by atoms with van der Waals surface area (Å²) in [6.07, 6.45) is -3.83. The van der Waals surface area contributed by atoms with Crippen molar-refractivity contribution < 1.29 is 18.0 Å². The van der Waals surface area contributed by atoms with Crippen LogP contribution in [0.5, 0.6) is 0 Å². The van der Waals surface area contributed by atoms with E-state index in [1.54, 1.807) is 30.3 Å². The average molecular weight is 389 g/mol. The number of carbonyl (C=O) groups is 1. The molecular formula is C17H20ClF3N4O. The lowest BCUT2D eigenvalue weighted by molar-refractivity contribution is -0.154. The number of aromatic amines is 1. The van der Waals surface area contributed by atoms with Gasteiger partial charge in [0.05, 0.1) is 0 Å². The van der Waals surface area contributed by atoms with Gasteiger partial charge in [-0.15, -0.1) is 12.4 Å². The number of alkyl halides is 3. The van der Waals surface area contributed by atoms with Gasteiger partial charge in [-0.25, -0.2) is 0 Å². The number of nitrogens with zero attached hydrogens (tertiary/aromatic N) is 1. The Morgan fingerprint density at radius 3 is 2.69 bits per heavy atom. The SMILES string of the molecule is Cl.O=C(NC(CCc1ccccc1)C(F)(F)F)c1n[nH]c2c1CNCC2. The van der Waals surface area contributed by atoms with Crippen LogP contribution in [0.2, 0.25) is 0 Å². The third-order valence-corrected chi connectivity index (χ3v) is 4.29. The molecule has 3 N–H and O–H groups in total. The minimum absolute atomic E-state index is 0. The Balaban J connectivity index is 0.00000243. The quantitative estimate of drug-likeness (QED) is 0.737. The molecule has 2 aromatic rings. The van der Waals surface area contributed by atoms with E-state index in [4.69, 9.17) is 0 Å². The van der Waals surface area contributed by atoms with E-state index >= 15 is 0 Å². The molecule has 2 heterocycles. The van der Waals surface area contributed by atoms with Crippen LogP contribution in [0.3, 0.4) is 0 Å². The first-order valence-corrected chi connectivity index (χ1v) is 8.13. The molecule has 3 rings (SSSR count). The number of aryl methyl sites for hydroxylation is 1. The summed E-state index contributed by atoms with van der Waals surface area (Å²) in [5, 5.41) is 11.8. The summed E-state index contributed by atoms with van der Waals surface area (Å²) in [5.41, 5.74) is 2.29. The molecule has 142 valence electrons. The van der Waals surface area contributed by atoms with Crippen molar-refractivity contribution in [1.29, 1.82) is 0 Å². The van der Waals surface area contributed by atoms with E-state index in [1.807, 2.05) is 0 Å². The normalized spacial score (nSPS) is 14.9. The number of carbonyl (C=O) groups excluding carboxylic acids is 1. The van der Waals surface area contributed by atoms with Crippen LogP contribution in [0.25, 0.3) is 0 Å². The molecule has 1 unspecified atom stereocenters. The van der Waals surface area contributed by atoms with Gasteiger partial charge in [-0.05, 0) is 18.4 Å². The fourth-order valence-electron chi connectivity index (χ4n) is 2.91. The van der Waals surface area contributed by atoms with Crippen molar-refractivity contribution in [3.63, 3.8) is 0 Å². The van der Waals surface area contributed by atoms with E-state index in [0.29, 0.717) is 18.5 Å². The van der Waals surface area contributed by atoms with E-state index in [1.165, 1.54) is 0 Å². The van der Waals surface area contributed by atoms with Crippen molar-refractivity contribution in [2.45, 2.75) is 38.0 Å². The van der Waals surface area contributed by atoms with E-state index in [2.05, 4.69) is 20.8 Å². The van der Waals surface area contributed by atoms with Gasteiger partial charge in [0.15, 0.2) is 5.69 Å². The number of halogens is 4. The van der Waals surface area contributed by atoms with Gasteiger partial charge < -0.3 is 10.6 Å². The molecular weight excluding hydrogens is 369 g/mol. The lowest BCUT2D eigenvalue weighted by Crippen LogP contribution is -2.46. The van der Waals surface area contributed by atoms with Crippen LogP contribution in [0.1, 0.15) is 33.7 Å². The highest BCUT2D eigenvalue weighted by Gasteiger charge is 2.41. The number of aromatic nitrogens is 2. The summed E-state index contributed by atoms with van der Waals surface area (Å²) in [7, 11) is 0. The summed E-state index contributed by atoms with van der Waals surface area (Å²) >= 11 is 0. The predicted molar refractivity (Wildman–Crippen MR) is 93.3 cm³/mol. The van der Waals surface area contributed by atoms with E-state index in [-0.39, 0.29) is 30.9 Å². The smallest absolute Gasteiger partial charge is 0.339 e. The maximum atomic E-state index is 13.3. The Morgan fingerprint density at radius 1 is 1.27 bits per heavy atom. The minimum Gasteiger partial charge on any atom is -0.339 e. The molecule has 0 saturated carbocycles. The van der Waals surface area contributed by atoms with Crippen LogP contribution in [-0.2, 0) is 19.4 Å². The Hall–Kier alpha value is -2.06. The Kier molecular flexibility index (Phi) is 6.66. The van der Waals surface area contributed by atoms with Crippen molar-refractivity contribution in [3.05, 3.63) is 52.8 Å². The first-order chi connectivity index (χ1) is 11.9. The van der Waals surface area contributed by atoms with Crippen molar-refractivity contribution >= 4 is 18.3 Å². The first-order valence-electron chi connectivity index (χ1n) is 8.13. The molecule has 5 nitrogen and oxygen atoms in total. The monoisotopic (exact) mass is 388 g/mol. The van der Waals surface area contributed by atoms with Gasteiger partial charge in [0.1, 0.15) is 6.04 Å². The van der Waals surface area contributed by atoms with Crippen LogP contribution in [-0.4, -0.2) is 34.9 Å². The molecule has 0 bridgehead atoms. The number of benzene rings is 1. The number of hydrogen-bond acceptors (Lipinski definition) is 3. The number of amides is 1. The standard InChI is InChI=1S/C17H19F3N4O.ClH/c18-17(19,20)14(7-6-11-4-2-1-3-5-11)22-16(25)15-12-10-21-9-8-13(12)23-24-15;/h1-5,14,21H,6-10H2,(H,22,25)(H,23,24);1H. The van der Waals surface area contributed by atoms with Crippen molar-refractivity contribution in [1.82, 2.24) is 20.8 Å². The predicted octanol–water partition coefficient (Wildman–Crippen LogP) is 2.77. The average Bonchev–Trinajstić information content (AvgIpc) is 3.02. The fraction of sp³-hybridized carbons (Fsp3) is 0.412. The number of nitrogens with one attached hydrogen (secondary N) is 3. The van der Waals surface area contributed by atoms with E-state index in [0.717, 1.165) is 17.8 Å². The van der Waals surface area contributed by atoms with Crippen molar-refractivity contribution in [2.75, 3.05) is 6.54 Å². The van der Waals surface area contributed by atoms with Gasteiger partial charge in [-0.1, -0.05) is 30.3 Å². The number of rotatable bonds is 5. The zero-order valence-corrected chi connectivity index (χ0v) is 14.7. The van der Waals surface area contributed by atoms with Crippen LogP contribution in [0.15, 0.2) is 30.3 Å². The summed E-state index contributed by atoms with van der Waals surface area (Å²) in [4.78, 5) is 12.3. The van der Waals surface area contributed by atoms with Crippen LogP contribution < -0.4 is 10.6 Å². The van der Waals surface area contributed by atoms with Crippen LogP contribution >= 0.6 is 12.4 Å². The third kappa shape index (κ3) is 4.76. The molecule has 1 amide bonds. The van der Waals surface area contributed by atoms with Gasteiger partial charge >= 0.3 is 6.18 Å². The lowest BCUT2D eigenvalue weighted by atomic mass is 10.0. The van der Waals surface area contributed by atoms with Gasteiger partial charge in [0.25, 0.3) is 5.91 Å². The lowest BCUT2D eigenvalue weighted by Gasteiger charge is -2.22. The highest BCUT2D eigenvalue weighted by molar-refractivity contribution is 5.94. The number of H-pyrrole nitrogens is 1. The molecule has 0 saturated heterocycles. The molecule has 9 heteroatoms. The largest absolute Gasteiger partial charge is 0.408 e. The molecule has 0 spiro atoms. The fourth-order valence-corrected chi connectivity index (χ4v) is 2.91. The first kappa shape index (κ1) is 20.3. The van der Waals surface area contributed by atoms with Crippen molar-refractivity contribution in [3.8, 4) is 0 Å². The highest BCUT2D eigenvalue weighted by Crippen LogP contribution is 2.25. The second-order valence-electron chi connectivity index (χ2n) is 6.05. The second-order valence-corrected chi connectivity index (χ2v) is 6.05. The molecule has 1 aliphatic heterocycles. The molecule has 0 aliphatic carbocycles. The summed E-state index contributed by atoms with van der Waals surface area (Å²) in [6.45, 7) is 1.17. The molecule has 1 aromatic heterocycles. The number of hydrogen-bond donors (Lipinski definition) is 3. The van der Waals surface area contributed by atoms with Gasteiger partial charge in [0.2, 0.25) is 0 Å². The minimum atomic E-state index is -4.51. The second kappa shape index (κ2) is 8.55. The topological polar surface area (TPSA) is 69.8 Å². The van der Waals surface area contributed by atoms with Crippen LogP contribution in [0, 0.1) is 0 Å². The molecule has 0 fully saturated rings. The van der Waals surface area contributed by atoms with Gasteiger partial charge in [-0.2, -0.15) is 18.3 Å². The summed E-state index contributed by atoms with van der Waals surface area (Å²) in [5.74, 6) is -0.795. The maximum Gasteiger partial charge on any atom is 0.408 e. The van der Waals surface area contributed by atoms with Crippen molar-refractivity contribution in [2.24, 2.45) is 0 Å². The zero-order chi connectivity index (χ0) is 17.9. The molecule has 1 aliphatic rings. The Bertz CT molecular complexity index is 733. The van der Waals surface area contributed by atoms with E-state index in [9.17, 15) is 18.0 Å². The maximum absolute atomic E-state index is 13.3. The van der Waals surface area contributed by atoms with Gasteiger partial charge in [-0.3, -0.25) is 9.89 Å². The molecule has 1 atom stereocenters. The summed E-state index contributed by atoms with van der Waals surface area (Å²) in [6, 6.07) is 6.99. The number of fused-ring (bicyclic) bond motifs is 1.